The Morgan fingerprint density at radius 1 is 0.423 bits per heavy atom. The molecule has 6 rings (SSSR count). The Hall–Kier alpha value is -6.53. The lowest BCUT2D eigenvalue weighted by atomic mass is 10.1. The number of phenolic OH excluding ortho intramolecular Hbond substituents is 2. The number of carbonyl (C=O) groups is 3. The summed E-state index contributed by atoms with van der Waals surface area (Å²) >= 11 is 0. The van der Waals surface area contributed by atoms with Gasteiger partial charge in [0.05, 0.1) is 0 Å². The fourth-order valence-electron chi connectivity index (χ4n) is 5.33. The first-order valence-electron chi connectivity index (χ1n) is 14.9. The number of hydrogen-bond acceptors (Lipinski definition) is 9. The van der Waals surface area contributed by atoms with Crippen LogP contribution in [-0.4, -0.2) is 54.0 Å². The van der Waals surface area contributed by atoms with Gasteiger partial charge in [-0.25, -0.2) is 4.79 Å². The minimum absolute atomic E-state index is 0.00601. The van der Waals surface area contributed by atoms with Crippen LogP contribution in [0.4, 0.5) is 27.5 Å². The van der Waals surface area contributed by atoms with E-state index in [0.29, 0.717) is 11.4 Å². The molecule has 8 N–H and O–H groups in total. The number of nitrogens with one attached hydrogen (secondary N) is 4. The van der Waals surface area contributed by atoms with Crippen LogP contribution in [-0.2, 0) is 20.2 Å². The monoisotopic (exact) mass is 742 g/mol. The second-order valence-corrected chi connectivity index (χ2v) is 14.1. The summed E-state index contributed by atoms with van der Waals surface area (Å²) < 4.78 is 66.3. The van der Waals surface area contributed by atoms with Gasteiger partial charge in [0.15, 0.2) is 0 Å². The quantitative estimate of drug-likeness (QED) is 0.0834. The molecule has 0 heterocycles. The summed E-state index contributed by atoms with van der Waals surface area (Å²) in [7, 11) is -9.22. The molecule has 17 heteroatoms. The van der Waals surface area contributed by atoms with Crippen LogP contribution in [0.15, 0.2) is 119 Å². The van der Waals surface area contributed by atoms with E-state index in [4.69, 9.17) is 0 Å². The van der Waals surface area contributed by atoms with Gasteiger partial charge in [-0.05, 0) is 109 Å². The van der Waals surface area contributed by atoms with Crippen LogP contribution in [0.25, 0.3) is 21.5 Å². The van der Waals surface area contributed by atoms with Crippen LogP contribution in [0.2, 0.25) is 0 Å². The predicted molar refractivity (Wildman–Crippen MR) is 192 cm³/mol. The number of benzene rings is 6. The van der Waals surface area contributed by atoms with E-state index in [1.165, 1.54) is 84.9 Å². The second kappa shape index (κ2) is 13.6. The maximum absolute atomic E-state index is 12.9. The van der Waals surface area contributed by atoms with Crippen LogP contribution in [0.3, 0.4) is 0 Å². The van der Waals surface area contributed by atoms with Crippen LogP contribution < -0.4 is 21.3 Å². The minimum Gasteiger partial charge on any atom is -0.507 e. The van der Waals surface area contributed by atoms with Crippen LogP contribution >= 0.6 is 0 Å². The molecule has 0 saturated heterocycles. The molecule has 15 nitrogen and oxygen atoms in total. The molecule has 52 heavy (non-hydrogen) atoms. The number of hydrogen-bond donors (Lipinski definition) is 8. The lowest BCUT2D eigenvalue weighted by Gasteiger charge is -2.11. The molecule has 0 saturated carbocycles. The van der Waals surface area contributed by atoms with Crippen molar-refractivity contribution in [2.24, 2.45) is 0 Å². The van der Waals surface area contributed by atoms with Gasteiger partial charge in [0.25, 0.3) is 32.1 Å². The van der Waals surface area contributed by atoms with Crippen molar-refractivity contribution in [1.29, 1.82) is 0 Å². The van der Waals surface area contributed by atoms with Gasteiger partial charge in [-0.2, -0.15) is 16.8 Å². The predicted octanol–water partition coefficient (Wildman–Crippen LogP) is 6.05. The van der Waals surface area contributed by atoms with E-state index < -0.39 is 47.9 Å². The van der Waals surface area contributed by atoms with Crippen molar-refractivity contribution < 1.29 is 50.5 Å². The maximum Gasteiger partial charge on any atom is 0.323 e. The number of urea groups is 1. The first kappa shape index (κ1) is 35.3. The number of fused-ring (bicyclic) bond motifs is 2. The molecule has 0 bridgehead atoms. The van der Waals surface area contributed by atoms with Gasteiger partial charge < -0.3 is 31.5 Å². The van der Waals surface area contributed by atoms with E-state index in [-0.39, 0.29) is 55.5 Å². The average Bonchev–Trinajstić information content (AvgIpc) is 3.08. The average molecular weight is 743 g/mol. The molecule has 6 aromatic rings. The van der Waals surface area contributed by atoms with Gasteiger partial charge in [0.1, 0.15) is 21.3 Å². The van der Waals surface area contributed by atoms with Crippen LogP contribution in [0, 0.1) is 0 Å². The lowest BCUT2D eigenvalue weighted by molar-refractivity contribution is 0.101. The van der Waals surface area contributed by atoms with Crippen molar-refractivity contribution >= 4 is 82.4 Å². The summed E-state index contributed by atoms with van der Waals surface area (Å²) in [4.78, 5) is 37.5. The Morgan fingerprint density at radius 3 is 1.12 bits per heavy atom. The van der Waals surface area contributed by atoms with Gasteiger partial charge in [-0.15, -0.1) is 0 Å². The molecule has 264 valence electrons. The number of amides is 4. The Kier molecular flexibility index (Phi) is 9.26. The normalized spacial score (nSPS) is 11.6. The molecule has 0 atom stereocenters. The van der Waals surface area contributed by atoms with Crippen molar-refractivity contribution in [2.45, 2.75) is 9.79 Å². The van der Waals surface area contributed by atoms with Crippen molar-refractivity contribution in [3.05, 3.63) is 120 Å². The van der Waals surface area contributed by atoms with Crippen LogP contribution in [0.1, 0.15) is 20.7 Å². The third kappa shape index (κ3) is 7.62. The second-order valence-electron chi connectivity index (χ2n) is 11.3. The topological polar surface area (TPSA) is 249 Å². The van der Waals surface area contributed by atoms with Crippen molar-refractivity contribution in [2.75, 3.05) is 21.3 Å². The minimum atomic E-state index is -4.61. The zero-order valence-corrected chi connectivity index (χ0v) is 28.0. The molecule has 0 unspecified atom stereocenters. The van der Waals surface area contributed by atoms with Gasteiger partial charge in [0.2, 0.25) is 0 Å². The fourth-order valence-corrected chi connectivity index (χ4v) is 6.70. The molecule has 4 amide bonds. The SMILES string of the molecule is O=C(Nc1ccc(C(=O)Nc2ccc3c(O)ccc(S(=O)(=O)O)c3c2)cc1)Nc1ccc(C(=O)Nc2ccc3c(O)ccc(S(=O)(=O)O)c3c2)cc1. The standard InChI is InChI=1S/C35H26N4O11S2/c40-29-13-15-31(51(45,46)47)27-17-23(9-11-25(27)29)36-33(42)19-1-5-21(6-2-19)38-35(44)39-22-7-3-20(4-8-22)34(43)37-24-10-12-26-28(18-24)32(52(48,49)50)16-14-30(26)41/h1-18,40-41H,(H,36,42)(H,37,43)(H2,38,39,44)(H,45,46,47)(H,48,49,50). The molecular weight excluding hydrogens is 717 g/mol. The Bertz CT molecular complexity index is 2460. The van der Waals surface area contributed by atoms with E-state index in [2.05, 4.69) is 21.3 Å². The van der Waals surface area contributed by atoms with Crippen molar-refractivity contribution in [3.8, 4) is 11.5 Å². The Labute approximate surface area is 295 Å². The smallest absolute Gasteiger partial charge is 0.323 e. The van der Waals surface area contributed by atoms with Crippen LogP contribution in [0.5, 0.6) is 11.5 Å². The van der Waals surface area contributed by atoms with E-state index >= 15 is 0 Å². The first-order chi connectivity index (χ1) is 24.6. The third-order valence-electron chi connectivity index (χ3n) is 7.79. The molecule has 0 aliphatic carbocycles. The van der Waals surface area contributed by atoms with E-state index in [0.717, 1.165) is 24.3 Å². The molecule has 0 radical (unpaired) electrons. The van der Waals surface area contributed by atoms with Gasteiger partial charge >= 0.3 is 6.03 Å². The van der Waals surface area contributed by atoms with Gasteiger partial charge in [-0.1, -0.05) is 0 Å². The van der Waals surface area contributed by atoms with Crippen molar-refractivity contribution in [1.82, 2.24) is 0 Å². The van der Waals surface area contributed by atoms with E-state index in [1.807, 2.05) is 0 Å². The fraction of sp³-hybridized carbons (Fsp3) is 0. The molecule has 0 aliphatic rings. The van der Waals surface area contributed by atoms with Crippen molar-refractivity contribution in [3.63, 3.8) is 0 Å². The molecule has 0 aromatic heterocycles. The Morgan fingerprint density at radius 2 is 0.769 bits per heavy atom. The molecule has 0 aliphatic heterocycles. The highest BCUT2D eigenvalue weighted by molar-refractivity contribution is 7.86. The summed E-state index contributed by atoms with van der Waals surface area (Å²) in [6, 6.07) is 23.7. The maximum atomic E-state index is 12.9. The molecular formula is C35H26N4O11S2. The molecule has 0 fully saturated rings. The third-order valence-corrected chi connectivity index (χ3v) is 9.61. The van der Waals surface area contributed by atoms with E-state index in [1.54, 1.807) is 0 Å². The number of aromatic hydroxyl groups is 2. The molecule has 0 spiro atoms. The number of phenols is 2. The highest BCUT2D eigenvalue weighted by Gasteiger charge is 2.19. The largest absolute Gasteiger partial charge is 0.507 e. The summed E-state index contributed by atoms with van der Waals surface area (Å²) in [5.41, 5.74) is 1.47. The number of carbonyl (C=O) groups excluding carboxylic acids is 3. The summed E-state index contributed by atoms with van der Waals surface area (Å²) in [6.07, 6.45) is 0. The number of anilines is 4. The summed E-state index contributed by atoms with van der Waals surface area (Å²) in [5.74, 6) is -1.54. The Balaban J connectivity index is 1.06. The molecule has 6 aromatic carbocycles. The van der Waals surface area contributed by atoms with Gasteiger partial charge in [0, 0.05) is 55.4 Å². The summed E-state index contributed by atoms with van der Waals surface area (Å²) in [6.45, 7) is 0. The summed E-state index contributed by atoms with van der Waals surface area (Å²) in [5, 5.41) is 30.9. The first-order valence-corrected chi connectivity index (χ1v) is 17.8. The number of rotatable bonds is 8. The zero-order valence-electron chi connectivity index (χ0n) is 26.4. The zero-order chi connectivity index (χ0) is 37.4. The lowest BCUT2D eigenvalue weighted by Crippen LogP contribution is -2.19. The van der Waals surface area contributed by atoms with Gasteiger partial charge in [-0.3, -0.25) is 18.7 Å². The van der Waals surface area contributed by atoms with E-state index in [9.17, 15) is 50.5 Å². The highest BCUT2D eigenvalue weighted by Crippen LogP contribution is 2.34. The highest BCUT2D eigenvalue weighted by atomic mass is 32.2.